The first kappa shape index (κ1) is 13.5. The molecular weight excluding hydrogens is 228 g/mol. The third kappa shape index (κ3) is 1.77. The van der Waals surface area contributed by atoms with Crippen LogP contribution < -0.4 is 0 Å². The molecule has 0 aliphatic heterocycles. The van der Waals surface area contributed by atoms with Crippen LogP contribution in [-0.4, -0.2) is 28.2 Å². The standard InChI is InChI=1S/C15H22O3/c1-8-5-6-15(4)10(3)14(18)13(17)9(2)12(15)11(16)7-8/h5,10-11,14,16,18H,6-7H2,1-4H3/t10-,11?,14+,15+/m0/s1. The maximum atomic E-state index is 12.0. The minimum absolute atomic E-state index is 0.166. The molecule has 2 aliphatic carbocycles. The summed E-state index contributed by atoms with van der Waals surface area (Å²) >= 11 is 0. The zero-order valence-corrected chi connectivity index (χ0v) is 11.5. The second-order valence-corrected chi connectivity index (χ2v) is 6.03. The van der Waals surface area contributed by atoms with E-state index in [1.807, 2.05) is 20.8 Å². The summed E-state index contributed by atoms with van der Waals surface area (Å²) in [5.74, 6) is -0.394. The predicted molar refractivity (Wildman–Crippen MR) is 70.0 cm³/mol. The van der Waals surface area contributed by atoms with Crippen molar-refractivity contribution in [3.8, 4) is 0 Å². The largest absolute Gasteiger partial charge is 0.388 e. The Morgan fingerprint density at radius 3 is 2.56 bits per heavy atom. The summed E-state index contributed by atoms with van der Waals surface area (Å²) in [7, 11) is 0. The lowest BCUT2D eigenvalue weighted by atomic mass is 9.61. The minimum Gasteiger partial charge on any atom is -0.388 e. The zero-order valence-electron chi connectivity index (χ0n) is 11.5. The number of rotatable bonds is 0. The van der Waals surface area contributed by atoms with Gasteiger partial charge in [-0.2, -0.15) is 0 Å². The lowest BCUT2D eigenvalue weighted by Gasteiger charge is -2.44. The highest BCUT2D eigenvalue weighted by atomic mass is 16.3. The number of allylic oxidation sites excluding steroid dienone is 1. The monoisotopic (exact) mass is 250 g/mol. The molecule has 0 aromatic rings. The van der Waals surface area contributed by atoms with Gasteiger partial charge in [0, 0.05) is 5.41 Å². The Morgan fingerprint density at radius 1 is 1.33 bits per heavy atom. The minimum atomic E-state index is -0.947. The van der Waals surface area contributed by atoms with Crippen LogP contribution in [0.15, 0.2) is 22.8 Å². The normalized spacial score (nSPS) is 41.3. The van der Waals surface area contributed by atoms with Crippen LogP contribution >= 0.6 is 0 Å². The van der Waals surface area contributed by atoms with Crippen molar-refractivity contribution in [1.82, 2.24) is 0 Å². The molecule has 2 aliphatic rings. The average molecular weight is 250 g/mol. The first-order chi connectivity index (χ1) is 8.29. The molecule has 2 rings (SSSR count). The Bertz CT molecular complexity index is 447. The fourth-order valence-electron chi connectivity index (χ4n) is 3.41. The number of hydrogen-bond acceptors (Lipinski definition) is 3. The smallest absolute Gasteiger partial charge is 0.187 e. The molecule has 100 valence electrons. The van der Waals surface area contributed by atoms with E-state index in [0.29, 0.717) is 12.0 Å². The summed E-state index contributed by atoms with van der Waals surface area (Å²) in [5.41, 5.74) is 2.21. The van der Waals surface area contributed by atoms with E-state index in [2.05, 4.69) is 6.08 Å². The molecule has 0 aromatic heterocycles. The Balaban J connectivity index is 2.61. The molecule has 1 unspecified atom stereocenters. The van der Waals surface area contributed by atoms with E-state index in [1.54, 1.807) is 6.92 Å². The van der Waals surface area contributed by atoms with Gasteiger partial charge in [-0.15, -0.1) is 0 Å². The number of hydrogen-bond donors (Lipinski definition) is 2. The second kappa shape index (κ2) is 4.32. The molecule has 0 saturated heterocycles. The number of aliphatic hydroxyl groups is 2. The van der Waals surface area contributed by atoms with Crippen molar-refractivity contribution in [3.05, 3.63) is 22.8 Å². The third-order valence-electron chi connectivity index (χ3n) is 4.86. The Kier molecular flexibility index (Phi) is 3.24. The second-order valence-electron chi connectivity index (χ2n) is 6.03. The van der Waals surface area contributed by atoms with Crippen LogP contribution in [0, 0.1) is 11.3 Å². The molecule has 0 aromatic carbocycles. The molecule has 0 fully saturated rings. The molecular formula is C15H22O3. The first-order valence-corrected chi connectivity index (χ1v) is 6.56. The van der Waals surface area contributed by atoms with Gasteiger partial charge in [-0.3, -0.25) is 4.79 Å². The van der Waals surface area contributed by atoms with Crippen LogP contribution in [0.2, 0.25) is 0 Å². The third-order valence-corrected chi connectivity index (χ3v) is 4.86. The summed E-state index contributed by atoms with van der Waals surface area (Å²) < 4.78 is 0. The molecule has 3 nitrogen and oxygen atoms in total. The van der Waals surface area contributed by atoms with Gasteiger partial charge in [0.1, 0.15) is 6.10 Å². The fourth-order valence-corrected chi connectivity index (χ4v) is 3.41. The van der Waals surface area contributed by atoms with Crippen molar-refractivity contribution in [3.63, 3.8) is 0 Å². The number of ketones is 1. The van der Waals surface area contributed by atoms with Crippen molar-refractivity contribution in [2.24, 2.45) is 11.3 Å². The van der Waals surface area contributed by atoms with Gasteiger partial charge in [0.25, 0.3) is 0 Å². The van der Waals surface area contributed by atoms with Crippen LogP contribution in [0.3, 0.4) is 0 Å². The van der Waals surface area contributed by atoms with E-state index in [1.165, 1.54) is 0 Å². The van der Waals surface area contributed by atoms with Gasteiger partial charge in [-0.05, 0) is 43.8 Å². The van der Waals surface area contributed by atoms with Crippen LogP contribution in [-0.2, 0) is 4.79 Å². The first-order valence-electron chi connectivity index (χ1n) is 6.56. The lowest BCUT2D eigenvalue weighted by molar-refractivity contribution is -0.130. The molecule has 4 atom stereocenters. The highest BCUT2D eigenvalue weighted by molar-refractivity contribution is 6.00. The zero-order chi connectivity index (χ0) is 13.7. The maximum absolute atomic E-state index is 12.0. The number of carbonyl (C=O) groups is 1. The van der Waals surface area contributed by atoms with Gasteiger partial charge < -0.3 is 10.2 Å². The van der Waals surface area contributed by atoms with Gasteiger partial charge in [-0.1, -0.05) is 25.5 Å². The maximum Gasteiger partial charge on any atom is 0.187 e. The van der Waals surface area contributed by atoms with Crippen LogP contribution in [0.5, 0.6) is 0 Å². The topological polar surface area (TPSA) is 57.5 Å². The predicted octanol–water partition coefficient (Wildman–Crippen LogP) is 1.99. The van der Waals surface area contributed by atoms with Gasteiger partial charge in [0.2, 0.25) is 0 Å². The Hall–Kier alpha value is -0.930. The van der Waals surface area contributed by atoms with Gasteiger partial charge in [0.05, 0.1) is 6.10 Å². The summed E-state index contributed by atoms with van der Waals surface area (Å²) in [6, 6.07) is 0. The lowest BCUT2D eigenvalue weighted by Crippen LogP contribution is -2.47. The number of aliphatic hydroxyl groups excluding tert-OH is 2. The SMILES string of the molecule is CC1=CC[C@@]2(C)C(=C(C)C(=O)[C@H](O)[C@@H]2C)C(O)C1. The molecule has 3 heteroatoms. The average Bonchev–Trinajstić information content (AvgIpc) is 2.42. The highest BCUT2D eigenvalue weighted by Gasteiger charge is 2.49. The summed E-state index contributed by atoms with van der Waals surface area (Å²) in [6.45, 7) is 7.68. The molecule has 0 amide bonds. The molecule has 0 saturated carbocycles. The quantitative estimate of drug-likeness (QED) is 0.646. The highest BCUT2D eigenvalue weighted by Crippen LogP contribution is 2.50. The van der Waals surface area contributed by atoms with Crippen LogP contribution in [0.4, 0.5) is 0 Å². The van der Waals surface area contributed by atoms with E-state index < -0.39 is 12.2 Å². The summed E-state index contributed by atoms with van der Waals surface area (Å²) in [5, 5.41) is 20.5. The number of fused-ring (bicyclic) bond motifs is 1. The van der Waals surface area contributed by atoms with Gasteiger partial charge >= 0.3 is 0 Å². The van der Waals surface area contributed by atoms with Crippen LogP contribution in [0.25, 0.3) is 0 Å². The van der Waals surface area contributed by atoms with Gasteiger partial charge in [-0.25, -0.2) is 0 Å². The van der Waals surface area contributed by atoms with Crippen molar-refractivity contribution in [2.45, 2.75) is 52.7 Å². The van der Waals surface area contributed by atoms with E-state index in [-0.39, 0.29) is 17.1 Å². The van der Waals surface area contributed by atoms with E-state index in [9.17, 15) is 15.0 Å². The molecule has 18 heavy (non-hydrogen) atoms. The Morgan fingerprint density at radius 2 is 1.94 bits per heavy atom. The fraction of sp³-hybridized carbons (Fsp3) is 0.667. The molecule has 0 spiro atoms. The molecule has 0 radical (unpaired) electrons. The van der Waals surface area contributed by atoms with Crippen molar-refractivity contribution >= 4 is 5.78 Å². The molecule has 2 N–H and O–H groups in total. The molecule has 0 heterocycles. The Labute approximate surface area is 108 Å². The van der Waals surface area contributed by atoms with E-state index >= 15 is 0 Å². The number of carbonyl (C=O) groups excluding carboxylic acids is 1. The van der Waals surface area contributed by atoms with Gasteiger partial charge in [0.15, 0.2) is 5.78 Å². The number of Topliss-reactive ketones (excluding diaryl/α,β-unsaturated/α-hetero) is 1. The van der Waals surface area contributed by atoms with E-state index in [4.69, 9.17) is 0 Å². The van der Waals surface area contributed by atoms with Crippen LogP contribution in [0.1, 0.15) is 40.5 Å². The molecule has 0 bridgehead atoms. The van der Waals surface area contributed by atoms with Crippen molar-refractivity contribution in [1.29, 1.82) is 0 Å². The van der Waals surface area contributed by atoms with E-state index in [0.717, 1.165) is 17.6 Å². The summed E-state index contributed by atoms with van der Waals surface area (Å²) in [6.07, 6.45) is 1.93. The van der Waals surface area contributed by atoms with Crippen molar-refractivity contribution in [2.75, 3.05) is 0 Å². The van der Waals surface area contributed by atoms with Crippen molar-refractivity contribution < 1.29 is 15.0 Å². The summed E-state index contributed by atoms with van der Waals surface area (Å²) in [4.78, 5) is 12.0.